The van der Waals surface area contributed by atoms with Gasteiger partial charge in [0.2, 0.25) is 0 Å². The minimum atomic E-state index is -0.702. The Morgan fingerprint density at radius 2 is 2.11 bits per heavy atom. The van der Waals surface area contributed by atoms with Gasteiger partial charge in [-0.05, 0) is 50.3 Å². The van der Waals surface area contributed by atoms with Crippen LogP contribution in [0.25, 0.3) is 11.0 Å². The molecule has 1 aromatic carbocycles. The fraction of sp³-hybridized carbons (Fsp3) is 0.350. The molecule has 1 unspecified atom stereocenters. The molecule has 7 nitrogen and oxygen atoms in total. The van der Waals surface area contributed by atoms with Crippen molar-refractivity contribution in [3.05, 3.63) is 57.8 Å². The lowest BCUT2D eigenvalue weighted by molar-refractivity contribution is -0.127. The fourth-order valence-corrected chi connectivity index (χ4v) is 3.40. The van der Waals surface area contributed by atoms with E-state index in [2.05, 4.69) is 10.5 Å². The van der Waals surface area contributed by atoms with E-state index in [1.807, 2.05) is 6.07 Å². The first kappa shape index (κ1) is 17.3. The number of ether oxygens (including phenoxy) is 1. The second-order valence-electron chi connectivity index (χ2n) is 6.72. The number of carbonyl (C=O) groups is 1. The van der Waals surface area contributed by atoms with Crippen LogP contribution in [0.1, 0.15) is 36.5 Å². The third kappa shape index (κ3) is 3.58. The lowest BCUT2D eigenvalue weighted by atomic mass is 9.91. The smallest absolute Gasteiger partial charge is 0.339 e. The Hall–Kier alpha value is -3.09. The molecule has 4 rings (SSSR count). The average molecular weight is 368 g/mol. The Bertz CT molecular complexity index is 1020. The maximum Gasteiger partial charge on any atom is 0.339 e. The lowest BCUT2D eigenvalue weighted by Crippen LogP contribution is -2.35. The monoisotopic (exact) mass is 368 g/mol. The first-order chi connectivity index (χ1) is 13.1. The van der Waals surface area contributed by atoms with Crippen LogP contribution in [0.15, 0.2) is 44.4 Å². The first-order valence-electron chi connectivity index (χ1n) is 9.03. The van der Waals surface area contributed by atoms with Crippen LogP contribution in [-0.4, -0.2) is 17.2 Å². The molecule has 1 aliphatic carbocycles. The zero-order valence-electron chi connectivity index (χ0n) is 15.0. The van der Waals surface area contributed by atoms with Gasteiger partial charge < -0.3 is 19.0 Å². The summed E-state index contributed by atoms with van der Waals surface area (Å²) in [5.74, 6) is 0.220. The molecule has 0 radical (unpaired) electrons. The summed E-state index contributed by atoms with van der Waals surface area (Å²) in [5.41, 5.74) is 2.87. The molecular formula is C20H20N2O5. The quantitative estimate of drug-likeness (QED) is 0.696. The van der Waals surface area contributed by atoms with Gasteiger partial charge >= 0.3 is 5.63 Å². The van der Waals surface area contributed by atoms with E-state index in [0.29, 0.717) is 17.9 Å². The van der Waals surface area contributed by atoms with Crippen LogP contribution in [0.3, 0.4) is 0 Å². The number of hydrogen-bond acceptors (Lipinski definition) is 6. The van der Waals surface area contributed by atoms with Crippen molar-refractivity contribution in [1.29, 1.82) is 0 Å². The van der Waals surface area contributed by atoms with Gasteiger partial charge in [0.1, 0.15) is 17.6 Å². The van der Waals surface area contributed by atoms with E-state index in [1.165, 1.54) is 12.5 Å². The van der Waals surface area contributed by atoms with Gasteiger partial charge in [-0.2, -0.15) is 0 Å². The molecule has 0 aliphatic heterocycles. The van der Waals surface area contributed by atoms with Crippen LogP contribution in [0.5, 0.6) is 5.75 Å². The maximum absolute atomic E-state index is 12.2. The topological polar surface area (TPSA) is 94.6 Å². The molecule has 2 aromatic heterocycles. The molecule has 1 amide bonds. The number of rotatable bonds is 5. The van der Waals surface area contributed by atoms with Gasteiger partial charge in [0.05, 0.1) is 6.20 Å². The Morgan fingerprint density at radius 3 is 2.89 bits per heavy atom. The summed E-state index contributed by atoms with van der Waals surface area (Å²) in [6.45, 7) is 1.98. The highest BCUT2D eigenvalue weighted by atomic mass is 16.5. The highest BCUT2D eigenvalue weighted by Gasteiger charge is 2.19. The predicted octanol–water partition coefficient (Wildman–Crippen LogP) is 2.74. The number of carbonyl (C=O) groups excluding carboxylic acids is 1. The molecule has 1 N–H and O–H groups in total. The van der Waals surface area contributed by atoms with Crippen molar-refractivity contribution in [1.82, 2.24) is 10.5 Å². The van der Waals surface area contributed by atoms with E-state index >= 15 is 0 Å². The number of hydrogen-bond donors (Lipinski definition) is 1. The molecule has 27 heavy (non-hydrogen) atoms. The van der Waals surface area contributed by atoms with Crippen LogP contribution in [0.4, 0.5) is 0 Å². The Balaban J connectivity index is 1.50. The van der Waals surface area contributed by atoms with E-state index in [9.17, 15) is 9.59 Å². The highest BCUT2D eigenvalue weighted by molar-refractivity contribution is 5.83. The molecule has 2 heterocycles. The second-order valence-corrected chi connectivity index (χ2v) is 6.72. The van der Waals surface area contributed by atoms with Crippen molar-refractivity contribution < 1.29 is 18.5 Å². The zero-order valence-corrected chi connectivity index (χ0v) is 15.0. The number of fused-ring (bicyclic) bond motifs is 3. The third-order valence-corrected chi connectivity index (χ3v) is 4.83. The maximum atomic E-state index is 12.2. The highest BCUT2D eigenvalue weighted by Crippen LogP contribution is 2.29. The number of benzene rings is 1. The summed E-state index contributed by atoms with van der Waals surface area (Å²) in [4.78, 5) is 24.4. The van der Waals surface area contributed by atoms with E-state index in [0.717, 1.165) is 47.8 Å². The van der Waals surface area contributed by atoms with E-state index < -0.39 is 6.10 Å². The molecule has 0 saturated heterocycles. The van der Waals surface area contributed by atoms with Crippen molar-refractivity contribution in [2.75, 3.05) is 0 Å². The minimum Gasteiger partial charge on any atom is -0.481 e. The predicted molar refractivity (Wildman–Crippen MR) is 97.6 cm³/mol. The van der Waals surface area contributed by atoms with Crippen LogP contribution in [0, 0.1) is 0 Å². The van der Waals surface area contributed by atoms with Gasteiger partial charge in [-0.1, -0.05) is 5.16 Å². The summed E-state index contributed by atoms with van der Waals surface area (Å²) in [6.07, 6.45) is 6.07. The standard InChI is InChI=1S/C20H20N2O5/c1-12(19(23)21-9-13-10-22-25-11-13)26-14-6-7-16-15-4-2-3-5-17(15)20(24)27-18(16)8-14/h6-8,10-12H,2-5,9H2,1H3,(H,21,23). The minimum absolute atomic E-state index is 0.261. The zero-order chi connectivity index (χ0) is 18.8. The summed E-state index contributed by atoms with van der Waals surface area (Å²) < 4.78 is 15.9. The summed E-state index contributed by atoms with van der Waals surface area (Å²) in [5, 5.41) is 7.29. The van der Waals surface area contributed by atoms with Crippen LogP contribution in [0.2, 0.25) is 0 Å². The average Bonchev–Trinajstić information content (AvgIpc) is 3.20. The second kappa shape index (κ2) is 7.26. The van der Waals surface area contributed by atoms with Crippen molar-refractivity contribution in [2.45, 2.75) is 45.3 Å². The van der Waals surface area contributed by atoms with E-state index in [-0.39, 0.29) is 11.5 Å². The molecule has 140 valence electrons. The van der Waals surface area contributed by atoms with Crippen LogP contribution < -0.4 is 15.7 Å². The molecule has 0 fully saturated rings. The molecular weight excluding hydrogens is 348 g/mol. The van der Waals surface area contributed by atoms with Gasteiger partial charge in [-0.25, -0.2) is 4.79 Å². The van der Waals surface area contributed by atoms with Gasteiger partial charge in [-0.15, -0.1) is 0 Å². The summed E-state index contributed by atoms with van der Waals surface area (Å²) in [6, 6.07) is 5.38. The molecule has 0 bridgehead atoms. The molecule has 1 atom stereocenters. The number of aryl methyl sites for hydroxylation is 1. The Kier molecular flexibility index (Phi) is 4.66. The lowest BCUT2D eigenvalue weighted by Gasteiger charge is -2.17. The summed E-state index contributed by atoms with van der Waals surface area (Å²) >= 11 is 0. The van der Waals surface area contributed by atoms with E-state index in [1.54, 1.807) is 19.1 Å². The number of amides is 1. The molecule has 3 aromatic rings. The van der Waals surface area contributed by atoms with Crippen molar-refractivity contribution in [2.24, 2.45) is 0 Å². The molecule has 0 saturated carbocycles. The summed E-state index contributed by atoms with van der Waals surface area (Å²) in [7, 11) is 0. The van der Waals surface area contributed by atoms with E-state index in [4.69, 9.17) is 13.7 Å². The van der Waals surface area contributed by atoms with Crippen molar-refractivity contribution in [3.63, 3.8) is 0 Å². The largest absolute Gasteiger partial charge is 0.481 e. The normalized spacial score (nSPS) is 14.6. The Labute approximate surface area is 155 Å². The molecule has 1 aliphatic rings. The van der Waals surface area contributed by atoms with Gasteiger partial charge in [0, 0.05) is 29.1 Å². The molecule has 7 heteroatoms. The van der Waals surface area contributed by atoms with Crippen LogP contribution in [-0.2, 0) is 24.2 Å². The van der Waals surface area contributed by atoms with Gasteiger partial charge in [-0.3, -0.25) is 4.79 Å². The number of aromatic nitrogens is 1. The van der Waals surface area contributed by atoms with Gasteiger partial charge in [0.25, 0.3) is 5.91 Å². The SMILES string of the molecule is CC(Oc1ccc2c3c(c(=O)oc2c1)CCCC3)C(=O)NCc1cnoc1. The molecule has 0 spiro atoms. The third-order valence-electron chi connectivity index (χ3n) is 4.83. The number of nitrogens with one attached hydrogen (secondary N) is 1. The number of nitrogens with zero attached hydrogens (tertiary/aromatic N) is 1. The Morgan fingerprint density at radius 1 is 1.30 bits per heavy atom. The fourth-order valence-electron chi connectivity index (χ4n) is 3.40. The van der Waals surface area contributed by atoms with Crippen molar-refractivity contribution in [3.8, 4) is 5.75 Å². The van der Waals surface area contributed by atoms with Gasteiger partial charge in [0.15, 0.2) is 6.10 Å². The van der Waals surface area contributed by atoms with Crippen LogP contribution >= 0.6 is 0 Å². The first-order valence-corrected chi connectivity index (χ1v) is 9.03. The van der Waals surface area contributed by atoms with Crippen molar-refractivity contribution >= 4 is 16.9 Å².